The van der Waals surface area contributed by atoms with Gasteiger partial charge < -0.3 is 9.47 Å². The monoisotopic (exact) mass is 434 g/mol. The largest absolute Gasteiger partial charge is 0.495 e. The van der Waals surface area contributed by atoms with Crippen molar-refractivity contribution in [3.8, 4) is 11.5 Å². The highest BCUT2D eigenvalue weighted by atomic mass is 79.9. The maximum atomic E-state index is 12.3. The molecule has 0 aliphatic rings. The van der Waals surface area contributed by atoms with Crippen LogP contribution < -0.4 is 14.2 Å². The molecule has 2 rings (SSSR count). The van der Waals surface area contributed by atoms with Gasteiger partial charge in [-0.1, -0.05) is 11.6 Å². The topological polar surface area (TPSA) is 94.6 Å². The zero-order valence-corrected chi connectivity index (χ0v) is 15.7. The van der Waals surface area contributed by atoms with Crippen LogP contribution in [0.5, 0.6) is 11.5 Å². The molecule has 1 aromatic carbocycles. The summed E-state index contributed by atoms with van der Waals surface area (Å²) in [6.07, 6.45) is 1.06. The number of amides is 1. The average molecular weight is 436 g/mol. The number of ether oxygens (including phenoxy) is 2. The third-order valence-corrected chi connectivity index (χ3v) is 5.27. The Morgan fingerprint density at radius 1 is 1.21 bits per heavy atom. The number of carbonyl (C=O) groups excluding carboxylic acids is 1. The van der Waals surface area contributed by atoms with Gasteiger partial charge in [-0.15, -0.1) is 0 Å². The molecule has 24 heavy (non-hydrogen) atoms. The van der Waals surface area contributed by atoms with Crippen LogP contribution in [0, 0.1) is 0 Å². The summed E-state index contributed by atoms with van der Waals surface area (Å²) in [5.74, 6) is -0.191. The zero-order valence-electron chi connectivity index (χ0n) is 12.5. The Bertz CT molecular complexity index is 846. The van der Waals surface area contributed by atoms with Crippen LogP contribution in [0.15, 0.2) is 39.8 Å². The Morgan fingerprint density at radius 3 is 2.25 bits per heavy atom. The van der Waals surface area contributed by atoms with Crippen LogP contribution in [0.1, 0.15) is 10.4 Å². The fourth-order valence-corrected chi connectivity index (χ4v) is 3.34. The number of benzene rings is 1. The van der Waals surface area contributed by atoms with Gasteiger partial charge in [0, 0.05) is 11.8 Å². The summed E-state index contributed by atoms with van der Waals surface area (Å²) in [6.45, 7) is 0. The molecule has 0 unspecified atom stereocenters. The highest BCUT2D eigenvalue weighted by Gasteiger charge is 2.21. The highest BCUT2D eigenvalue weighted by Crippen LogP contribution is 2.35. The Kier molecular flexibility index (Phi) is 5.68. The third-order valence-electron chi connectivity index (χ3n) is 2.95. The Hall–Kier alpha value is -1.84. The van der Waals surface area contributed by atoms with Gasteiger partial charge in [0.25, 0.3) is 15.9 Å². The first-order chi connectivity index (χ1) is 11.3. The van der Waals surface area contributed by atoms with Gasteiger partial charge in [0.15, 0.2) is 0 Å². The lowest BCUT2D eigenvalue weighted by Crippen LogP contribution is -2.30. The van der Waals surface area contributed by atoms with E-state index < -0.39 is 15.9 Å². The van der Waals surface area contributed by atoms with E-state index in [1.165, 1.54) is 38.5 Å². The summed E-state index contributed by atoms with van der Waals surface area (Å²) >= 11 is 8.89. The van der Waals surface area contributed by atoms with E-state index in [-0.39, 0.29) is 15.6 Å². The fourth-order valence-electron chi connectivity index (χ4n) is 1.76. The molecule has 10 heteroatoms. The number of carbonyl (C=O) groups is 1. The number of sulfonamides is 1. The summed E-state index contributed by atoms with van der Waals surface area (Å²) in [5, 5.41) is 0.141. The second-order valence-electron chi connectivity index (χ2n) is 4.45. The van der Waals surface area contributed by atoms with Crippen LogP contribution in [0.3, 0.4) is 0 Å². The van der Waals surface area contributed by atoms with E-state index >= 15 is 0 Å². The van der Waals surface area contributed by atoms with Crippen molar-refractivity contribution in [2.45, 2.75) is 4.90 Å². The molecule has 0 atom stereocenters. The maximum Gasteiger partial charge on any atom is 0.265 e. The number of halogens is 2. The Balaban J connectivity index is 2.34. The van der Waals surface area contributed by atoms with Crippen molar-refractivity contribution in [1.82, 2.24) is 9.71 Å². The number of pyridine rings is 1. The van der Waals surface area contributed by atoms with Crippen molar-refractivity contribution in [2.24, 2.45) is 0 Å². The first-order valence-corrected chi connectivity index (χ1v) is 9.04. The molecule has 2 aromatic rings. The number of nitrogens with zero attached hydrogens (tertiary/aromatic N) is 1. The van der Waals surface area contributed by atoms with Gasteiger partial charge in [0.1, 0.15) is 26.0 Å². The number of aromatic nitrogens is 1. The van der Waals surface area contributed by atoms with Gasteiger partial charge in [0.05, 0.1) is 14.2 Å². The smallest absolute Gasteiger partial charge is 0.265 e. The zero-order chi connectivity index (χ0) is 17.9. The molecule has 0 spiro atoms. The minimum absolute atomic E-state index is 0.0531. The maximum absolute atomic E-state index is 12.3. The van der Waals surface area contributed by atoms with Crippen LogP contribution in [0.2, 0.25) is 5.15 Å². The molecule has 0 fully saturated rings. The Labute approximate surface area is 152 Å². The second-order valence-corrected chi connectivity index (χ2v) is 7.31. The molecule has 0 saturated carbocycles. The first kappa shape index (κ1) is 18.5. The van der Waals surface area contributed by atoms with E-state index in [9.17, 15) is 13.2 Å². The molecule has 7 nitrogen and oxygen atoms in total. The van der Waals surface area contributed by atoms with Crippen LogP contribution >= 0.6 is 27.5 Å². The van der Waals surface area contributed by atoms with Crippen LogP contribution in [0.25, 0.3) is 0 Å². The molecule has 0 radical (unpaired) electrons. The minimum atomic E-state index is -4.09. The van der Waals surface area contributed by atoms with E-state index in [1.807, 2.05) is 4.72 Å². The average Bonchev–Trinajstić information content (AvgIpc) is 2.55. The fraction of sp³-hybridized carbons (Fsp3) is 0.143. The molecule has 0 bridgehead atoms. The van der Waals surface area contributed by atoms with E-state index in [1.54, 1.807) is 0 Å². The van der Waals surface area contributed by atoms with Gasteiger partial charge >= 0.3 is 0 Å². The van der Waals surface area contributed by atoms with Crippen molar-refractivity contribution < 1.29 is 22.7 Å². The van der Waals surface area contributed by atoms with Crippen molar-refractivity contribution in [2.75, 3.05) is 14.2 Å². The molecule has 1 N–H and O–H groups in total. The second kappa shape index (κ2) is 7.37. The van der Waals surface area contributed by atoms with Crippen molar-refractivity contribution in [3.05, 3.63) is 45.7 Å². The van der Waals surface area contributed by atoms with Crippen LogP contribution in [0.4, 0.5) is 0 Å². The van der Waals surface area contributed by atoms with Crippen LogP contribution in [-0.4, -0.2) is 33.5 Å². The minimum Gasteiger partial charge on any atom is -0.495 e. The Morgan fingerprint density at radius 2 is 1.79 bits per heavy atom. The lowest BCUT2D eigenvalue weighted by molar-refractivity contribution is 0.0980. The summed E-state index contributed by atoms with van der Waals surface area (Å²) in [6, 6.07) is 5.33. The van der Waals surface area contributed by atoms with Crippen molar-refractivity contribution >= 4 is 43.5 Å². The molecule has 0 aliphatic carbocycles. The van der Waals surface area contributed by atoms with Gasteiger partial charge in [-0.25, -0.2) is 18.1 Å². The molecule has 1 aromatic heterocycles. The van der Waals surface area contributed by atoms with Gasteiger partial charge in [-0.2, -0.15) is 0 Å². The number of nitrogens with one attached hydrogen (secondary N) is 1. The highest BCUT2D eigenvalue weighted by molar-refractivity contribution is 9.10. The molecular formula is C14H12BrClN2O5S. The normalized spacial score (nSPS) is 11.0. The molecule has 128 valence electrons. The van der Waals surface area contributed by atoms with Crippen LogP contribution in [-0.2, 0) is 10.0 Å². The predicted octanol–water partition coefficient (Wildman–Crippen LogP) is 2.63. The molecule has 1 heterocycles. The molecule has 0 aliphatic heterocycles. The van der Waals surface area contributed by atoms with Gasteiger partial charge in [0.2, 0.25) is 0 Å². The molecular weight excluding hydrogens is 424 g/mol. The standard InChI is InChI=1S/C14H12BrClN2O5S/c1-22-10-5-8(6-11(23-2)13(10)15)14(19)18-24(20,21)9-3-4-12(16)17-7-9/h3-7H,1-2H3,(H,18,19). The SMILES string of the molecule is COc1cc(C(=O)NS(=O)(=O)c2ccc(Cl)nc2)cc(OC)c1Br. The van der Waals surface area contributed by atoms with Crippen molar-refractivity contribution in [3.63, 3.8) is 0 Å². The summed E-state index contributed by atoms with van der Waals surface area (Å²) in [7, 11) is -1.26. The first-order valence-electron chi connectivity index (χ1n) is 6.38. The van der Waals surface area contributed by atoms with E-state index in [4.69, 9.17) is 21.1 Å². The van der Waals surface area contributed by atoms with E-state index in [0.29, 0.717) is 16.0 Å². The molecule has 1 amide bonds. The lowest BCUT2D eigenvalue weighted by atomic mass is 10.2. The molecule has 0 saturated heterocycles. The number of rotatable bonds is 5. The van der Waals surface area contributed by atoms with Crippen molar-refractivity contribution in [1.29, 1.82) is 0 Å². The third kappa shape index (κ3) is 3.97. The number of methoxy groups -OCH3 is 2. The van der Waals surface area contributed by atoms with E-state index in [2.05, 4.69) is 20.9 Å². The summed E-state index contributed by atoms with van der Waals surface area (Å²) in [5.41, 5.74) is 0.0531. The number of hydrogen-bond acceptors (Lipinski definition) is 6. The lowest BCUT2D eigenvalue weighted by Gasteiger charge is -2.12. The van der Waals surface area contributed by atoms with E-state index in [0.717, 1.165) is 6.20 Å². The van der Waals surface area contributed by atoms with Gasteiger partial charge in [-0.05, 0) is 40.2 Å². The summed E-state index contributed by atoms with van der Waals surface area (Å²) in [4.78, 5) is 15.8. The number of hydrogen-bond donors (Lipinski definition) is 1. The van der Waals surface area contributed by atoms with Gasteiger partial charge in [-0.3, -0.25) is 4.79 Å². The predicted molar refractivity (Wildman–Crippen MR) is 91.1 cm³/mol. The summed E-state index contributed by atoms with van der Waals surface area (Å²) < 4.78 is 37.1. The quantitative estimate of drug-likeness (QED) is 0.726.